The Kier molecular flexibility index (Phi) is 4.38. The minimum absolute atomic E-state index is 0.434. The van der Waals surface area contributed by atoms with Crippen molar-refractivity contribution in [2.24, 2.45) is 0 Å². The van der Waals surface area contributed by atoms with E-state index in [0.717, 1.165) is 5.56 Å². The Morgan fingerprint density at radius 3 is 2.58 bits per heavy atom. The van der Waals surface area contributed by atoms with Gasteiger partial charge in [-0.05, 0) is 24.6 Å². The summed E-state index contributed by atoms with van der Waals surface area (Å²) in [7, 11) is 0. The molecule has 2 rings (SSSR count). The van der Waals surface area contributed by atoms with Crippen molar-refractivity contribution in [3.05, 3.63) is 29.8 Å². The summed E-state index contributed by atoms with van der Waals surface area (Å²) >= 11 is 0. The molecule has 0 unspecified atom stereocenters. The molecule has 0 aliphatic carbocycles. The van der Waals surface area contributed by atoms with Gasteiger partial charge in [-0.1, -0.05) is 12.1 Å². The van der Waals surface area contributed by atoms with E-state index in [0.29, 0.717) is 5.69 Å². The van der Waals surface area contributed by atoms with Gasteiger partial charge in [0, 0.05) is 5.69 Å². The van der Waals surface area contributed by atoms with E-state index in [1.165, 1.54) is 0 Å². The fourth-order valence-corrected chi connectivity index (χ4v) is 2.20. The van der Waals surface area contributed by atoms with E-state index < -0.39 is 37.3 Å². The average molecular weight is 269 g/mol. The van der Waals surface area contributed by atoms with Crippen molar-refractivity contribution >= 4 is 5.69 Å². The molecule has 19 heavy (non-hydrogen) atoms. The normalized spacial score (nSPS) is 35.1. The fraction of sp³-hybridized carbons (Fsp3) is 0.538. The van der Waals surface area contributed by atoms with Crippen molar-refractivity contribution in [1.82, 2.24) is 0 Å². The van der Waals surface area contributed by atoms with Gasteiger partial charge in [0.1, 0.15) is 18.3 Å². The number of ether oxygens (including phenoxy) is 1. The first-order valence-corrected chi connectivity index (χ1v) is 6.16. The molecule has 5 atom stereocenters. The second-order valence-electron chi connectivity index (χ2n) is 4.77. The van der Waals surface area contributed by atoms with Crippen LogP contribution in [-0.2, 0) is 4.74 Å². The average Bonchev–Trinajstić information content (AvgIpc) is 2.39. The fourth-order valence-electron chi connectivity index (χ4n) is 2.20. The van der Waals surface area contributed by atoms with Crippen molar-refractivity contribution in [3.63, 3.8) is 0 Å². The predicted molar refractivity (Wildman–Crippen MR) is 68.6 cm³/mol. The molecule has 0 saturated carbocycles. The first-order chi connectivity index (χ1) is 9.02. The van der Waals surface area contributed by atoms with Gasteiger partial charge in [-0.2, -0.15) is 0 Å². The van der Waals surface area contributed by atoms with Crippen LogP contribution < -0.4 is 5.32 Å². The smallest absolute Gasteiger partial charge is 0.183 e. The van der Waals surface area contributed by atoms with Gasteiger partial charge in [0.25, 0.3) is 0 Å². The lowest BCUT2D eigenvalue weighted by atomic mass is 9.96. The molecule has 1 heterocycles. The first kappa shape index (κ1) is 14.2. The zero-order chi connectivity index (χ0) is 14.0. The van der Waals surface area contributed by atoms with Crippen LogP contribution in [0.15, 0.2) is 24.3 Å². The van der Waals surface area contributed by atoms with E-state index in [1.54, 1.807) is 6.07 Å². The highest BCUT2D eigenvalue weighted by Crippen LogP contribution is 2.23. The Labute approximate surface area is 111 Å². The Balaban J connectivity index is 2.16. The van der Waals surface area contributed by atoms with Crippen LogP contribution in [0.1, 0.15) is 5.56 Å². The lowest BCUT2D eigenvalue weighted by Gasteiger charge is -2.41. The summed E-state index contributed by atoms with van der Waals surface area (Å²) in [6.07, 6.45) is -4.77. The van der Waals surface area contributed by atoms with Crippen molar-refractivity contribution < 1.29 is 25.2 Å². The molecule has 1 saturated heterocycles. The van der Waals surface area contributed by atoms with Crippen LogP contribution in [0, 0.1) is 6.92 Å². The van der Waals surface area contributed by atoms with Crippen LogP contribution in [0.3, 0.4) is 0 Å². The molecule has 1 aliphatic rings. The van der Waals surface area contributed by atoms with E-state index in [-0.39, 0.29) is 0 Å². The third-order valence-electron chi connectivity index (χ3n) is 3.25. The standard InChI is InChI=1S/C13H19NO5/c1-7-3-2-4-8(5-7)14-10-11(16)9(6-15)19-13(18)12(10)17/h2-5,9-18H,6H2,1H3/t9-,10+,11+,12-,13-/m1/s1. The summed E-state index contributed by atoms with van der Waals surface area (Å²) < 4.78 is 4.92. The van der Waals surface area contributed by atoms with Crippen LogP contribution in [0.5, 0.6) is 0 Å². The molecule has 0 spiro atoms. The molecular weight excluding hydrogens is 250 g/mol. The maximum absolute atomic E-state index is 10.0. The van der Waals surface area contributed by atoms with Crippen molar-refractivity contribution in [3.8, 4) is 0 Å². The molecule has 1 aromatic rings. The SMILES string of the molecule is Cc1cccc(N[C@@H]2[C@@H](O)[C@H](O)O[C@H](CO)[C@@H]2O)c1. The van der Waals surface area contributed by atoms with E-state index in [9.17, 15) is 15.3 Å². The molecule has 0 amide bonds. The van der Waals surface area contributed by atoms with Gasteiger partial charge in [0.2, 0.25) is 0 Å². The quantitative estimate of drug-likeness (QED) is 0.493. The monoisotopic (exact) mass is 269 g/mol. The maximum atomic E-state index is 10.0. The summed E-state index contributed by atoms with van der Waals surface area (Å²) in [5.74, 6) is 0. The lowest BCUT2D eigenvalue weighted by Crippen LogP contribution is -2.61. The molecule has 6 heteroatoms. The molecule has 5 N–H and O–H groups in total. The summed E-state index contributed by atoms with van der Waals surface area (Å²) in [5.41, 5.74) is 1.74. The second kappa shape index (κ2) is 5.85. The summed E-state index contributed by atoms with van der Waals surface area (Å²) in [5, 5.41) is 41.5. The summed E-state index contributed by atoms with van der Waals surface area (Å²) in [6.45, 7) is 1.49. The van der Waals surface area contributed by atoms with Gasteiger partial charge in [0.15, 0.2) is 6.29 Å². The number of aryl methyl sites for hydroxylation is 1. The molecule has 1 aromatic carbocycles. The highest BCUT2D eigenvalue weighted by Gasteiger charge is 2.43. The Bertz CT molecular complexity index is 427. The maximum Gasteiger partial charge on any atom is 0.183 e. The Morgan fingerprint density at radius 1 is 1.21 bits per heavy atom. The van der Waals surface area contributed by atoms with Gasteiger partial charge < -0.3 is 30.5 Å². The number of rotatable bonds is 3. The lowest BCUT2D eigenvalue weighted by molar-refractivity contribution is -0.255. The highest BCUT2D eigenvalue weighted by molar-refractivity contribution is 5.47. The zero-order valence-corrected chi connectivity index (χ0v) is 10.6. The van der Waals surface area contributed by atoms with Crippen molar-refractivity contribution in [2.75, 3.05) is 11.9 Å². The van der Waals surface area contributed by atoms with E-state index >= 15 is 0 Å². The van der Waals surface area contributed by atoms with Crippen LogP contribution in [0.4, 0.5) is 5.69 Å². The summed E-state index contributed by atoms with van der Waals surface area (Å²) in [6, 6.07) is 6.60. The molecule has 0 bridgehead atoms. The van der Waals surface area contributed by atoms with E-state index in [1.807, 2.05) is 25.1 Å². The van der Waals surface area contributed by atoms with Gasteiger partial charge in [-0.15, -0.1) is 0 Å². The molecule has 6 nitrogen and oxygen atoms in total. The third-order valence-corrected chi connectivity index (χ3v) is 3.25. The molecule has 106 valence electrons. The molecule has 0 radical (unpaired) electrons. The van der Waals surface area contributed by atoms with Gasteiger partial charge in [-0.3, -0.25) is 0 Å². The number of anilines is 1. The molecule has 1 fully saturated rings. The van der Waals surface area contributed by atoms with Crippen LogP contribution in [0.2, 0.25) is 0 Å². The molecule has 0 aromatic heterocycles. The third kappa shape index (κ3) is 3.05. The Hall–Kier alpha value is -1.18. The number of aliphatic hydroxyl groups excluding tert-OH is 4. The number of benzene rings is 1. The number of aliphatic hydroxyl groups is 4. The first-order valence-electron chi connectivity index (χ1n) is 6.16. The van der Waals surface area contributed by atoms with Gasteiger partial charge >= 0.3 is 0 Å². The minimum Gasteiger partial charge on any atom is -0.394 e. The van der Waals surface area contributed by atoms with E-state index in [4.69, 9.17) is 9.84 Å². The topological polar surface area (TPSA) is 102 Å². The number of nitrogens with one attached hydrogen (secondary N) is 1. The van der Waals surface area contributed by atoms with E-state index in [2.05, 4.69) is 5.32 Å². The van der Waals surface area contributed by atoms with Crippen molar-refractivity contribution in [1.29, 1.82) is 0 Å². The highest BCUT2D eigenvalue weighted by atomic mass is 16.6. The van der Waals surface area contributed by atoms with Gasteiger partial charge in [0.05, 0.1) is 12.6 Å². The van der Waals surface area contributed by atoms with Gasteiger partial charge in [-0.25, -0.2) is 0 Å². The van der Waals surface area contributed by atoms with Crippen LogP contribution in [-0.4, -0.2) is 57.7 Å². The number of hydrogen-bond donors (Lipinski definition) is 5. The molecular formula is C13H19NO5. The van der Waals surface area contributed by atoms with Crippen LogP contribution in [0.25, 0.3) is 0 Å². The minimum atomic E-state index is -1.44. The molecule has 1 aliphatic heterocycles. The summed E-state index contributed by atoms with van der Waals surface area (Å²) in [4.78, 5) is 0. The predicted octanol–water partition coefficient (Wildman–Crippen LogP) is -0.793. The Morgan fingerprint density at radius 2 is 1.95 bits per heavy atom. The largest absolute Gasteiger partial charge is 0.394 e. The van der Waals surface area contributed by atoms with Crippen molar-refractivity contribution in [2.45, 2.75) is 37.6 Å². The zero-order valence-electron chi connectivity index (χ0n) is 10.6. The second-order valence-corrected chi connectivity index (χ2v) is 4.77. The van der Waals surface area contributed by atoms with Crippen LogP contribution >= 0.6 is 0 Å². The number of hydrogen-bond acceptors (Lipinski definition) is 6.